The molecule has 0 bridgehead atoms. The Bertz CT molecular complexity index is 2380. The quantitative estimate of drug-likeness (QED) is 0.184. The SMILES string of the molecule is CC1(C)c2ccccc2-c2ccc(N(c3ccc4c5ccccc5c5ccccc5c4c3)c3ccc(-c4ccccc4)s3)cc21. The zero-order valence-electron chi connectivity index (χ0n) is 25.3. The van der Waals surface area contributed by atoms with E-state index in [0.717, 1.165) is 5.69 Å². The first-order valence-corrected chi connectivity index (χ1v) is 16.4. The van der Waals surface area contributed by atoms with Gasteiger partial charge in [-0.1, -0.05) is 129 Å². The summed E-state index contributed by atoms with van der Waals surface area (Å²) in [7, 11) is 0. The summed E-state index contributed by atoms with van der Waals surface area (Å²) in [4.78, 5) is 3.72. The summed E-state index contributed by atoms with van der Waals surface area (Å²) >= 11 is 1.84. The number of anilines is 3. The van der Waals surface area contributed by atoms with E-state index in [1.807, 2.05) is 11.3 Å². The summed E-state index contributed by atoms with van der Waals surface area (Å²) in [6.45, 7) is 4.72. The van der Waals surface area contributed by atoms with Crippen LogP contribution in [-0.2, 0) is 5.41 Å². The second-order valence-electron chi connectivity index (χ2n) is 12.6. The summed E-state index contributed by atoms with van der Waals surface area (Å²) in [5.41, 5.74) is 8.98. The van der Waals surface area contributed by atoms with Gasteiger partial charge in [0.2, 0.25) is 0 Å². The van der Waals surface area contributed by atoms with Gasteiger partial charge in [-0.05, 0) is 96.5 Å². The van der Waals surface area contributed by atoms with Crippen molar-refractivity contribution in [2.24, 2.45) is 0 Å². The van der Waals surface area contributed by atoms with Crippen LogP contribution in [0.4, 0.5) is 16.4 Å². The van der Waals surface area contributed by atoms with Crippen LogP contribution >= 0.6 is 11.3 Å². The summed E-state index contributed by atoms with van der Waals surface area (Å²) in [6.07, 6.45) is 0. The summed E-state index contributed by atoms with van der Waals surface area (Å²) in [5, 5.41) is 8.94. The molecule has 0 N–H and O–H groups in total. The number of nitrogens with zero attached hydrogens (tertiary/aromatic N) is 1. The minimum atomic E-state index is -0.0727. The molecule has 214 valence electrons. The lowest BCUT2D eigenvalue weighted by Crippen LogP contribution is -2.16. The number of fused-ring (bicyclic) bond motifs is 9. The molecule has 0 aliphatic heterocycles. The van der Waals surface area contributed by atoms with Crippen molar-refractivity contribution in [3.63, 3.8) is 0 Å². The maximum absolute atomic E-state index is 2.46. The lowest BCUT2D eigenvalue weighted by molar-refractivity contribution is 0.660. The highest BCUT2D eigenvalue weighted by Crippen LogP contribution is 2.51. The van der Waals surface area contributed by atoms with E-state index in [0.29, 0.717) is 0 Å². The molecule has 1 nitrogen and oxygen atoms in total. The Morgan fingerprint density at radius 2 is 1.00 bits per heavy atom. The standard InChI is InChI=1S/C43H31NS/c1-43(2)39-19-11-10-18-36(39)37-23-21-30(27-40(37)43)44(42-25-24-41(45-42)28-12-4-3-5-13-28)29-20-22-35-33-16-7-6-14-31(33)32-15-8-9-17-34(32)38(35)26-29/h3-27H,1-2H3. The van der Waals surface area contributed by atoms with Gasteiger partial charge in [0, 0.05) is 21.7 Å². The summed E-state index contributed by atoms with van der Waals surface area (Å²) < 4.78 is 0. The molecule has 7 aromatic carbocycles. The third-order valence-electron chi connectivity index (χ3n) is 9.68. The van der Waals surface area contributed by atoms with Crippen molar-refractivity contribution in [3.8, 4) is 21.6 Å². The Morgan fingerprint density at radius 1 is 0.444 bits per heavy atom. The number of thiophene rings is 1. The average Bonchev–Trinajstić information content (AvgIpc) is 3.66. The molecule has 45 heavy (non-hydrogen) atoms. The monoisotopic (exact) mass is 593 g/mol. The van der Waals surface area contributed by atoms with Crippen LogP contribution in [0.1, 0.15) is 25.0 Å². The molecule has 0 amide bonds. The highest BCUT2D eigenvalue weighted by atomic mass is 32.1. The lowest BCUT2D eigenvalue weighted by atomic mass is 9.82. The molecule has 1 aliphatic rings. The molecule has 0 unspecified atom stereocenters. The zero-order chi connectivity index (χ0) is 30.1. The van der Waals surface area contributed by atoms with E-state index in [1.54, 1.807) is 0 Å². The molecule has 0 spiro atoms. The van der Waals surface area contributed by atoms with Gasteiger partial charge in [0.05, 0.1) is 0 Å². The second-order valence-corrected chi connectivity index (χ2v) is 13.6. The highest BCUT2D eigenvalue weighted by Gasteiger charge is 2.35. The van der Waals surface area contributed by atoms with E-state index >= 15 is 0 Å². The highest BCUT2D eigenvalue weighted by molar-refractivity contribution is 7.19. The van der Waals surface area contributed by atoms with Gasteiger partial charge < -0.3 is 4.90 Å². The first-order valence-electron chi connectivity index (χ1n) is 15.6. The molecule has 0 atom stereocenters. The minimum absolute atomic E-state index is 0.0727. The predicted molar refractivity (Wildman–Crippen MR) is 195 cm³/mol. The first-order chi connectivity index (χ1) is 22.1. The van der Waals surface area contributed by atoms with Crippen molar-refractivity contribution in [3.05, 3.63) is 163 Å². The van der Waals surface area contributed by atoms with Crippen LogP contribution in [-0.4, -0.2) is 0 Å². The Labute approximate surface area is 267 Å². The van der Waals surface area contributed by atoms with Gasteiger partial charge in [-0.3, -0.25) is 0 Å². The summed E-state index contributed by atoms with van der Waals surface area (Å²) in [5.74, 6) is 0. The van der Waals surface area contributed by atoms with Crippen LogP contribution in [0.3, 0.4) is 0 Å². The molecular formula is C43H31NS. The van der Waals surface area contributed by atoms with E-state index in [9.17, 15) is 0 Å². The molecule has 1 aromatic heterocycles. The fourth-order valence-electron chi connectivity index (χ4n) is 7.48. The van der Waals surface area contributed by atoms with E-state index in [2.05, 4.69) is 170 Å². The average molecular weight is 594 g/mol. The van der Waals surface area contributed by atoms with Crippen LogP contribution in [0, 0.1) is 0 Å². The fraction of sp³-hybridized carbons (Fsp3) is 0.0698. The molecule has 1 heterocycles. The summed E-state index contributed by atoms with van der Waals surface area (Å²) in [6, 6.07) is 55.9. The van der Waals surface area contributed by atoms with E-state index in [4.69, 9.17) is 0 Å². The predicted octanol–water partition coefficient (Wildman–Crippen LogP) is 12.7. The smallest absolute Gasteiger partial charge is 0.101 e. The number of hydrogen-bond acceptors (Lipinski definition) is 2. The Balaban J connectivity index is 1.29. The van der Waals surface area contributed by atoms with E-state index in [1.165, 1.54) is 75.7 Å². The lowest BCUT2D eigenvalue weighted by Gasteiger charge is -2.27. The van der Waals surface area contributed by atoms with Gasteiger partial charge in [-0.15, -0.1) is 11.3 Å². The van der Waals surface area contributed by atoms with Crippen LogP contribution in [0.5, 0.6) is 0 Å². The number of hydrogen-bond donors (Lipinski definition) is 0. The van der Waals surface area contributed by atoms with Crippen LogP contribution in [0.25, 0.3) is 53.9 Å². The molecule has 0 saturated heterocycles. The molecule has 8 aromatic rings. The molecule has 2 heteroatoms. The second kappa shape index (κ2) is 9.92. The molecule has 9 rings (SSSR count). The largest absolute Gasteiger partial charge is 0.302 e. The Kier molecular flexibility index (Phi) is 5.78. The van der Waals surface area contributed by atoms with Crippen molar-refractivity contribution in [2.45, 2.75) is 19.3 Å². The van der Waals surface area contributed by atoms with Gasteiger partial charge in [-0.25, -0.2) is 0 Å². The number of benzene rings is 7. The zero-order valence-corrected chi connectivity index (χ0v) is 26.1. The van der Waals surface area contributed by atoms with E-state index in [-0.39, 0.29) is 5.41 Å². The topological polar surface area (TPSA) is 3.24 Å². The van der Waals surface area contributed by atoms with Gasteiger partial charge in [0.1, 0.15) is 5.00 Å². The maximum atomic E-state index is 2.46. The van der Waals surface area contributed by atoms with Crippen LogP contribution < -0.4 is 4.90 Å². The van der Waals surface area contributed by atoms with Gasteiger partial charge in [0.25, 0.3) is 0 Å². The Morgan fingerprint density at radius 3 is 1.73 bits per heavy atom. The van der Waals surface area contributed by atoms with Crippen molar-refractivity contribution < 1.29 is 0 Å². The fourth-order valence-corrected chi connectivity index (χ4v) is 8.53. The third kappa shape index (κ3) is 3.99. The molecular weight excluding hydrogens is 563 g/mol. The molecule has 1 aliphatic carbocycles. The van der Waals surface area contributed by atoms with E-state index < -0.39 is 0 Å². The molecule has 0 saturated carbocycles. The van der Waals surface area contributed by atoms with Crippen LogP contribution in [0.15, 0.2) is 152 Å². The molecule has 0 fully saturated rings. The van der Waals surface area contributed by atoms with Gasteiger partial charge in [-0.2, -0.15) is 0 Å². The third-order valence-corrected chi connectivity index (χ3v) is 10.8. The van der Waals surface area contributed by atoms with Gasteiger partial charge in [0.15, 0.2) is 0 Å². The van der Waals surface area contributed by atoms with Crippen molar-refractivity contribution in [1.82, 2.24) is 0 Å². The Hall–Kier alpha value is -5.18. The van der Waals surface area contributed by atoms with Crippen molar-refractivity contribution in [2.75, 3.05) is 4.90 Å². The van der Waals surface area contributed by atoms with Gasteiger partial charge >= 0.3 is 0 Å². The minimum Gasteiger partial charge on any atom is -0.302 e. The normalized spacial score (nSPS) is 13.3. The maximum Gasteiger partial charge on any atom is 0.101 e. The first kappa shape index (κ1) is 26.2. The number of rotatable bonds is 4. The molecule has 0 radical (unpaired) electrons. The van der Waals surface area contributed by atoms with Crippen molar-refractivity contribution >= 4 is 60.0 Å². The van der Waals surface area contributed by atoms with Crippen LogP contribution in [0.2, 0.25) is 0 Å². The van der Waals surface area contributed by atoms with Crippen molar-refractivity contribution in [1.29, 1.82) is 0 Å².